The molecule has 0 spiro atoms. The molecule has 1 unspecified atom stereocenters. The number of hydrogen-bond donors (Lipinski definition) is 7. The lowest BCUT2D eigenvalue weighted by atomic mass is 9.98. The molecule has 366 valence electrons. The zero-order valence-corrected chi connectivity index (χ0v) is 38.9. The average Bonchev–Trinajstić information content (AvgIpc) is 3.27. The van der Waals surface area contributed by atoms with Gasteiger partial charge in [0.05, 0.1) is 26.4 Å². The van der Waals surface area contributed by atoms with Crippen LogP contribution in [0, 0.1) is 0 Å². The Labute approximate surface area is 375 Å². The van der Waals surface area contributed by atoms with Crippen LogP contribution in [0.3, 0.4) is 0 Å². The lowest BCUT2D eigenvalue weighted by molar-refractivity contribution is -0.333. The first-order chi connectivity index (χ1) is 30.2. The number of ether oxygens (including phenoxy) is 6. The van der Waals surface area contributed by atoms with E-state index in [9.17, 15) is 35.7 Å². The second-order valence-corrected chi connectivity index (χ2v) is 17.6. The van der Waals surface area contributed by atoms with Crippen molar-refractivity contribution in [1.29, 1.82) is 0 Å². The van der Waals surface area contributed by atoms with Crippen LogP contribution in [0.2, 0.25) is 0 Å². The SMILES string of the molecule is CCCCC/C=C\C/C=C\CCCCCCCCOCC(CO[C@@H]1O[C@H](CO[C@H]2O[C@H](CO)[C@H](O)[C@H](O)[C@H]2O)[C@H](O)[C@H](O)[C@H]1O)OCCCCCCCCCCCCCCCC. The molecule has 0 aliphatic carbocycles. The highest BCUT2D eigenvalue weighted by Gasteiger charge is 2.47. The summed E-state index contributed by atoms with van der Waals surface area (Å²) in [7, 11) is 0. The van der Waals surface area contributed by atoms with Gasteiger partial charge in [0.1, 0.15) is 54.9 Å². The minimum absolute atomic E-state index is 0.00707. The molecule has 2 saturated heterocycles. The first-order valence-corrected chi connectivity index (χ1v) is 25.0. The van der Waals surface area contributed by atoms with Gasteiger partial charge >= 0.3 is 0 Å². The summed E-state index contributed by atoms with van der Waals surface area (Å²) in [6.07, 6.45) is 25.8. The molecule has 2 aliphatic rings. The zero-order chi connectivity index (χ0) is 45.0. The van der Waals surface area contributed by atoms with Crippen molar-refractivity contribution in [3.8, 4) is 0 Å². The first kappa shape index (κ1) is 57.1. The van der Waals surface area contributed by atoms with Gasteiger partial charge < -0.3 is 64.2 Å². The Morgan fingerprint density at radius 3 is 1.44 bits per heavy atom. The molecule has 0 amide bonds. The Hall–Kier alpha value is -1.04. The van der Waals surface area contributed by atoms with E-state index in [-0.39, 0.29) is 13.2 Å². The Balaban J connectivity index is 1.74. The molecule has 0 saturated carbocycles. The molecule has 0 aromatic rings. The Morgan fingerprint density at radius 2 is 0.887 bits per heavy atom. The van der Waals surface area contributed by atoms with Crippen LogP contribution in [0.5, 0.6) is 0 Å². The summed E-state index contributed by atoms with van der Waals surface area (Å²) in [6, 6.07) is 0. The molecule has 2 heterocycles. The standard InChI is InChI=1S/C49H92O13/c1-3-5-7-9-11-13-15-17-19-20-21-23-25-27-29-31-33-57-36-39(58-34-32-30-28-26-24-22-18-16-14-12-10-8-6-4-2)37-59-48-47(56)45(54)43(52)41(62-48)38-60-49-46(55)44(53)42(51)40(35-50)61-49/h11,13,17,19,39-56H,3-10,12,14-16,18,20-38H2,1-2H3/b13-11-,19-17-/t39?,40-,41-,42+,43+,44+,45+,46-,47-,48-,49+/m1/s1. The van der Waals surface area contributed by atoms with E-state index in [0.717, 1.165) is 38.5 Å². The largest absolute Gasteiger partial charge is 0.394 e. The molecular weight excluding hydrogens is 797 g/mol. The minimum atomic E-state index is -1.65. The van der Waals surface area contributed by atoms with E-state index in [4.69, 9.17) is 28.4 Å². The minimum Gasteiger partial charge on any atom is -0.394 e. The second-order valence-electron chi connectivity index (χ2n) is 17.6. The van der Waals surface area contributed by atoms with Crippen molar-refractivity contribution >= 4 is 0 Å². The van der Waals surface area contributed by atoms with Gasteiger partial charge in [0.2, 0.25) is 0 Å². The topological polar surface area (TPSA) is 197 Å². The smallest absolute Gasteiger partial charge is 0.186 e. The van der Waals surface area contributed by atoms with Crippen molar-refractivity contribution in [2.24, 2.45) is 0 Å². The number of aliphatic hydroxyl groups excluding tert-OH is 7. The fourth-order valence-corrected chi connectivity index (χ4v) is 7.89. The maximum absolute atomic E-state index is 10.8. The van der Waals surface area contributed by atoms with Gasteiger partial charge in [-0.15, -0.1) is 0 Å². The Bertz CT molecular complexity index is 1060. The van der Waals surface area contributed by atoms with Crippen molar-refractivity contribution in [3.63, 3.8) is 0 Å². The fourth-order valence-electron chi connectivity index (χ4n) is 7.89. The van der Waals surface area contributed by atoms with Crippen LogP contribution in [-0.2, 0) is 28.4 Å². The van der Waals surface area contributed by atoms with Gasteiger partial charge in [0.25, 0.3) is 0 Å². The number of hydrogen-bond acceptors (Lipinski definition) is 13. The molecule has 0 bridgehead atoms. The van der Waals surface area contributed by atoms with Gasteiger partial charge in [-0.25, -0.2) is 0 Å². The predicted molar refractivity (Wildman–Crippen MR) is 243 cm³/mol. The maximum Gasteiger partial charge on any atom is 0.186 e. The molecule has 0 radical (unpaired) electrons. The second kappa shape index (κ2) is 38.1. The third-order valence-electron chi connectivity index (χ3n) is 12.0. The van der Waals surface area contributed by atoms with Crippen LogP contribution >= 0.6 is 0 Å². The van der Waals surface area contributed by atoms with Crippen LogP contribution in [0.15, 0.2) is 24.3 Å². The molecule has 13 nitrogen and oxygen atoms in total. The molecule has 2 aliphatic heterocycles. The van der Waals surface area contributed by atoms with E-state index in [1.165, 1.54) is 128 Å². The van der Waals surface area contributed by atoms with Gasteiger partial charge in [0, 0.05) is 13.2 Å². The highest BCUT2D eigenvalue weighted by atomic mass is 16.7. The number of aliphatic hydroxyl groups is 7. The van der Waals surface area contributed by atoms with Crippen LogP contribution in [-0.4, -0.2) is 143 Å². The lowest BCUT2D eigenvalue weighted by Crippen LogP contribution is -2.61. The first-order valence-electron chi connectivity index (χ1n) is 25.0. The van der Waals surface area contributed by atoms with E-state index in [0.29, 0.717) is 13.2 Å². The van der Waals surface area contributed by atoms with Crippen molar-refractivity contribution in [2.75, 3.05) is 39.6 Å². The van der Waals surface area contributed by atoms with Gasteiger partial charge in [0.15, 0.2) is 12.6 Å². The highest BCUT2D eigenvalue weighted by molar-refractivity contribution is 4.93. The zero-order valence-electron chi connectivity index (χ0n) is 38.9. The monoisotopic (exact) mass is 889 g/mol. The summed E-state index contributed by atoms with van der Waals surface area (Å²) in [5.41, 5.74) is 0. The molecule has 2 rings (SSSR count). The normalized spacial score (nSPS) is 27.5. The molecule has 11 atom stereocenters. The van der Waals surface area contributed by atoms with E-state index in [2.05, 4.69) is 38.2 Å². The molecule has 13 heteroatoms. The molecule has 0 aromatic heterocycles. The summed E-state index contributed by atoms with van der Waals surface area (Å²) in [5.74, 6) is 0. The highest BCUT2D eigenvalue weighted by Crippen LogP contribution is 2.26. The molecular formula is C49H92O13. The van der Waals surface area contributed by atoms with Crippen molar-refractivity contribution in [2.45, 2.75) is 248 Å². The summed E-state index contributed by atoms with van der Waals surface area (Å²) >= 11 is 0. The van der Waals surface area contributed by atoms with Crippen molar-refractivity contribution < 1.29 is 64.2 Å². The van der Waals surface area contributed by atoms with E-state index in [1.807, 2.05) is 0 Å². The van der Waals surface area contributed by atoms with Crippen LogP contribution in [0.1, 0.15) is 181 Å². The Morgan fingerprint density at radius 1 is 0.452 bits per heavy atom. The average molecular weight is 889 g/mol. The summed E-state index contributed by atoms with van der Waals surface area (Å²) in [5, 5.41) is 72.1. The molecule has 7 N–H and O–H groups in total. The van der Waals surface area contributed by atoms with Crippen LogP contribution < -0.4 is 0 Å². The summed E-state index contributed by atoms with van der Waals surface area (Å²) in [4.78, 5) is 0. The molecule has 62 heavy (non-hydrogen) atoms. The van der Waals surface area contributed by atoms with E-state index < -0.39 is 80.7 Å². The lowest BCUT2D eigenvalue weighted by Gasteiger charge is -2.42. The van der Waals surface area contributed by atoms with Gasteiger partial charge in [-0.05, 0) is 44.9 Å². The van der Waals surface area contributed by atoms with Crippen molar-refractivity contribution in [1.82, 2.24) is 0 Å². The van der Waals surface area contributed by atoms with Crippen LogP contribution in [0.4, 0.5) is 0 Å². The third-order valence-corrected chi connectivity index (χ3v) is 12.0. The van der Waals surface area contributed by atoms with Crippen LogP contribution in [0.25, 0.3) is 0 Å². The van der Waals surface area contributed by atoms with Gasteiger partial charge in [-0.2, -0.15) is 0 Å². The van der Waals surface area contributed by atoms with E-state index >= 15 is 0 Å². The third kappa shape index (κ3) is 25.6. The predicted octanol–water partition coefficient (Wildman–Crippen LogP) is 7.32. The number of unbranched alkanes of at least 4 members (excludes halogenated alkanes) is 22. The van der Waals surface area contributed by atoms with Crippen molar-refractivity contribution in [3.05, 3.63) is 24.3 Å². The Kier molecular flexibility index (Phi) is 35.1. The quantitative estimate of drug-likeness (QED) is 0.0239. The molecule has 2 fully saturated rings. The fraction of sp³-hybridized carbons (Fsp3) is 0.918. The van der Waals surface area contributed by atoms with Gasteiger partial charge in [-0.3, -0.25) is 0 Å². The summed E-state index contributed by atoms with van der Waals surface area (Å²) in [6.45, 7) is 4.86. The number of rotatable bonds is 40. The van der Waals surface area contributed by atoms with Gasteiger partial charge in [-0.1, -0.05) is 160 Å². The van der Waals surface area contributed by atoms with E-state index in [1.54, 1.807) is 0 Å². The molecule has 0 aromatic carbocycles. The maximum atomic E-state index is 10.8. The number of allylic oxidation sites excluding steroid dienone is 4. The summed E-state index contributed by atoms with van der Waals surface area (Å²) < 4.78 is 35.0.